The summed E-state index contributed by atoms with van der Waals surface area (Å²) in [6.45, 7) is 3.58. The maximum atomic E-state index is 10.7. The summed E-state index contributed by atoms with van der Waals surface area (Å²) in [4.78, 5) is 10.2. The van der Waals surface area contributed by atoms with Gasteiger partial charge in [-0.15, -0.1) is 19.0 Å². The van der Waals surface area contributed by atoms with E-state index in [1.54, 1.807) is 18.2 Å². The second-order valence-electron chi connectivity index (χ2n) is 3.10. The standard InChI is InChI=1S/C10H11BrN2O2.ClH/c1-2-3-9(12)7-4-5-8(11)10(6-7)13(14)15;/h2,4-6,9H,1,3,12H2;1H/t9-;/m0./s1. The number of nitrogens with two attached hydrogens (primary N) is 1. The normalized spacial score (nSPS) is 11.4. The van der Waals surface area contributed by atoms with Crippen molar-refractivity contribution in [3.8, 4) is 0 Å². The van der Waals surface area contributed by atoms with Gasteiger partial charge in [0, 0.05) is 12.1 Å². The van der Waals surface area contributed by atoms with Crippen molar-refractivity contribution in [1.82, 2.24) is 0 Å². The fourth-order valence-corrected chi connectivity index (χ4v) is 1.61. The molecule has 1 aromatic rings. The zero-order valence-corrected chi connectivity index (χ0v) is 10.8. The van der Waals surface area contributed by atoms with Gasteiger partial charge in [-0.25, -0.2) is 0 Å². The topological polar surface area (TPSA) is 69.2 Å². The zero-order valence-electron chi connectivity index (χ0n) is 8.43. The van der Waals surface area contributed by atoms with Crippen LogP contribution in [0.15, 0.2) is 35.3 Å². The van der Waals surface area contributed by atoms with E-state index < -0.39 is 4.92 Å². The van der Waals surface area contributed by atoms with Crippen LogP contribution in [-0.2, 0) is 0 Å². The van der Waals surface area contributed by atoms with Crippen LogP contribution < -0.4 is 5.73 Å². The minimum Gasteiger partial charge on any atom is -0.324 e. The number of rotatable bonds is 4. The van der Waals surface area contributed by atoms with Gasteiger partial charge in [0.2, 0.25) is 0 Å². The van der Waals surface area contributed by atoms with E-state index in [0.29, 0.717) is 10.9 Å². The molecular weight excluding hydrogens is 295 g/mol. The molecular formula is C10H12BrClN2O2. The number of hydrogen-bond donors (Lipinski definition) is 1. The predicted molar refractivity (Wildman–Crippen MR) is 69.8 cm³/mol. The second kappa shape index (κ2) is 6.62. The lowest BCUT2D eigenvalue weighted by molar-refractivity contribution is -0.385. The summed E-state index contributed by atoms with van der Waals surface area (Å²) in [6.07, 6.45) is 2.29. The third kappa shape index (κ3) is 3.59. The number of hydrogen-bond acceptors (Lipinski definition) is 3. The molecule has 0 aliphatic heterocycles. The van der Waals surface area contributed by atoms with Gasteiger partial charge in [-0.1, -0.05) is 12.1 Å². The Balaban J connectivity index is 0.00000225. The van der Waals surface area contributed by atoms with E-state index >= 15 is 0 Å². The summed E-state index contributed by atoms with van der Waals surface area (Å²) in [7, 11) is 0. The molecule has 0 aliphatic carbocycles. The van der Waals surface area contributed by atoms with E-state index in [1.165, 1.54) is 6.07 Å². The van der Waals surface area contributed by atoms with Crippen molar-refractivity contribution in [2.75, 3.05) is 0 Å². The lowest BCUT2D eigenvalue weighted by Gasteiger charge is -2.09. The van der Waals surface area contributed by atoms with Crippen LogP contribution in [0.2, 0.25) is 0 Å². The molecule has 0 amide bonds. The molecule has 0 radical (unpaired) electrons. The second-order valence-corrected chi connectivity index (χ2v) is 3.95. The van der Waals surface area contributed by atoms with Gasteiger partial charge >= 0.3 is 0 Å². The average Bonchev–Trinajstić information content (AvgIpc) is 2.18. The Bertz CT molecular complexity index is 398. The highest BCUT2D eigenvalue weighted by atomic mass is 79.9. The number of nitro groups is 1. The Morgan fingerprint density at radius 3 is 2.75 bits per heavy atom. The molecule has 0 spiro atoms. The molecule has 0 saturated heterocycles. The van der Waals surface area contributed by atoms with Crippen LogP contribution in [0.1, 0.15) is 18.0 Å². The minimum absolute atomic E-state index is 0. The molecule has 0 aliphatic rings. The molecule has 4 nitrogen and oxygen atoms in total. The number of benzene rings is 1. The average molecular weight is 308 g/mol. The van der Waals surface area contributed by atoms with Gasteiger partial charge in [-0.3, -0.25) is 10.1 Å². The molecule has 6 heteroatoms. The first-order valence-corrected chi connectivity index (χ1v) is 5.16. The van der Waals surface area contributed by atoms with Crippen molar-refractivity contribution < 1.29 is 4.92 Å². The molecule has 0 aromatic heterocycles. The number of nitrogens with zero attached hydrogens (tertiary/aromatic N) is 1. The molecule has 0 saturated carbocycles. The Hall–Kier alpha value is -0.910. The van der Waals surface area contributed by atoms with Crippen molar-refractivity contribution >= 4 is 34.0 Å². The SMILES string of the molecule is C=CC[C@H](N)c1ccc(Br)c([N+](=O)[O-])c1.Cl. The largest absolute Gasteiger partial charge is 0.324 e. The first kappa shape index (κ1) is 15.1. The maximum absolute atomic E-state index is 10.7. The molecule has 0 bridgehead atoms. The number of nitro benzene ring substituents is 1. The van der Waals surface area contributed by atoms with E-state index in [4.69, 9.17) is 5.73 Å². The molecule has 1 aromatic carbocycles. The maximum Gasteiger partial charge on any atom is 0.283 e. The minimum atomic E-state index is -0.436. The summed E-state index contributed by atoms with van der Waals surface area (Å²) in [5.41, 5.74) is 6.59. The van der Waals surface area contributed by atoms with E-state index in [9.17, 15) is 10.1 Å². The third-order valence-electron chi connectivity index (χ3n) is 2.02. The molecule has 2 N–H and O–H groups in total. The van der Waals surface area contributed by atoms with Crippen molar-refractivity contribution in [2.24, 2.45) is 5.73 Å². The van der Waals surface area contributed by atoms with Crippen molar-refractivity contribution in [3.63, 3.8) is 0 Å². The lowest BCUT2D eigenvalue weighted by Crippen LogP contribution is -2.09. The highest BCUT2D eigenvalue weighted by molar-refractivity contribution is 9.10. The van der Waals surface area contributed by atoms with Gasteiger partial charge in [0.25, 0.3) is 5.69 Å². The highest BCUT2D eigenvalue weighted by Crippen LogP contribution is 2.28. The lowest BCUT2D eigenvalue weighted by atomic mass is 10.0. The Morgan fingerprint density at radius 2 is 2.25 bits per heavy atom. The van der Waals surface area contributed by atoms with Crippen molar-refractivity contribution in [2.45, 2.75) is 12.5 Å². The van der Waals surface area contributed by atoms with E-state index in [2.05, 4.69) is 22.5 Å². The van der Waals surface area contributed by atoms with Crippen LogP contribution in [-0.4, -0.2) is 4.92 Å². The first-order valence-electron chi connectivity index (χ1n) is 4.36. The molecule has 1 rings (SSSR count). The van der Waals surface area contributed by atoms with E-state index in [1.807, 2.05) is 0 Å². The Morgan fingerprint density at radius 1 is 1.62 bits per heavy atom. The van der Waals surface area contributed by atoms with Gasteiger partial charge < -0.3 is 5.73 Å². The smallest absolute Gasteiger partial charge is 0.283 e. The van der Waals surface area contributed by atoms with E-state index in [-0.39, 0.29) is 24.1 Å². The van der Waals surface area contributed by atoms with E-state index in [0.717, 1.165) is 5.56 Å². The predicted octanol–water partition coefficient (Wildman–Crippen LogP) is 3.36. The summed E-state index contributed by atoms with van der Waals surface area (Å²) in [5.74, 6) is 0. The van der Waals surface area contributed by atoms with Crippen LogP contribution in [0.5, 0.6) is 0 Å². The highest BCUT2D eigenvalue weighted by Gasteiger charge is 2.14. The van der Waals surface area contributed by atoms with Crippen molar-refractivity contribution in [1.29, 1.82) is 0 Å². The summed E-state index contributed by atoms with van der Waals surface area (Å²) in [5, 5.41) is 10.7. The molecule has 16 heavy (non-hydrogen) atoms. The van der Waals surface area contributed by atoms with Gasteiger partial charge in [-0.05, 0) is 34.0 Å². The molecule has 0 fully saturated rings. The van der Waals surface area contributed by atoms with Gasteiger partial charge in [0.15, 0.2) is 0 Å². The quantitative estimate of drug-likeness (QED) is 0.527. The van der Waals surface area contributed by atoms with Crippen LogP contribution in [0.3, 0.4) is 0 Å². The third-order valence-corrected chi connectivity index (χ3v) is 2.69. The molecule has 0 unspecified atom stereocenters. The molecule has 1 atom stereocenters. The molecule has 0 heterocycles. The summed E-state index contributed by atoms with van der Waals surface area (Å²) in [6, 6.07) is 4.65. The summed E-state index contributed by atoms with van der Waals surface area (Å²) < 4.78 is 0.460. The molecule has 88 valence electrons. The van der Waals surface area contributed by atoms with Gasteiger partial charge in [0.1, 0.15) is 0 Å². The van der Waals surface area contributed by atoms with Gasteiger partial charge in [0.05, 0.1) is 9.40 Å². The summed E-state index contributed by atoms with van der Waals surface area (Å²) >= 11 is 3.12. The zero-order chi connectivity index (χ0) is 11.4. The van der Waals surface area contributed by atoms with Crippen LogP contribution >= 0.6 is 28.3 Å². The number of halogens is 2. The van der Waals surface area contributed by atoms with Crippen molar-refractivity contribution in [3.05, 3.63) is 51.0 Å². The fraction of sp³-hybridized carbons (Fsp3) is 0.200. The van der Waals surface area contributed by atoms with Crippen LogP contribution in [0.4, 0.5) is 5.69 Å². The van der Waals surface area contributed by atoms with Crippen LogP contribution in [0.25, 0.3) is 0 Å². The van der Waals surface area contributed by atoms with Crippen LogP contribution in [0, 0.1) is 10.1 Å². The first-order chi connectivity index (χ1) is 7.06. The monoisotopic (exact) mass is 306 g/mol. The fourth-order valence-electron chi connectivity index (χ4n) is 1.22. The Kier molecular flexibility index (Phi) is 6.25. The Labute approximate surface area is 108 Å². The van der Waals surface area contributed by atoms with Gasteiger partial charge in [-0.2, -0.15) is 0 Å².